The minimum absolute atomic E-state index is 0.0518. The molecule has 2 aromatic rings. The molecule has 2 heteroatoms. The molecule has 20 heavy (non-hydrogen) atoms. The summed E-state index contributed by atoms with van der Waals surface area (Å²) < 4.78 is 0. The molecule has 2 aromatic carbocycles. The third-order valence-corrected chi connectivity index (χ3v) is 5.31. The molecule has 0 radical (unpaired) electrons. The number of benzene rings is 2. The van der Waals surface area contributed by atoms with E-state index in [0.29, 0.717) is 0 Å². The highest BCUT2D eigenvalue weighted by atomic mass is 28.3. The van der Waals surface area contributed by atoms with E-state index in [-0.39, 0.29) is 5.78 Å². The SMILES string of the molecule is C[Si](C)(C)c1ccccc1C=CC(=O)c1ccccc1. The Hall–Kier alpha value is -1.93. The lowest BCUT2D eigenvalue weighted by molar-refractivity contribution is 0.104. The second-order valence-electron chi connectivity index (χ2n) is 5.90. The first-order chi connectivity index (χ1) is 9.48. The lowest BCUT2D eigenvalue weighted by Crippen LogP contribution is -2.39. The first-order valence-corrected chi connectivity index (χ1v) is 10.4. The van der Waals surface area contributed by atoms with Crippen molar-refractivity contribution in [3.05, 3.63) is 71.8 Å². The molecule has 0 spiro atoms. The maximum Gasteiger partial charge on any atom is 0.185 e. The lowest BCUT2D eigenvalue weighted by Gasteiger charge is -2.19. The van der Waals surface area contributed by atoms with Gasteiger partial charge in [0, 0.05) is 5.56 Å². The Labute approximate surface area is 122 Å². The molecule has 0 aliphatic carbocycles. The van der Waals surface area contributed by atoms with Gasteiger partial charge in [0.05, 0.1) is 8.07 Å². The summed E-state index contributed by atoms with van der Waals surface area (Å²) in [7, 11) is -1.39. The van der Waals surface area contributed by atoms with Crippen molar-refractivity contribution >= 4 is 25.1 Å². The second kappa shape index (κ2) is 6.01. The average Bonchev–Trinajstić information content (AvgIpc) is 2.45. The summed E-state index contributed by atoms with van der Waals surface area (Å²) in [4.78, 5) is 12.1. The first-order valence-electron chi connectivity index (χ1n) is 6.85. The number of carbonyl (C=O) groups excluding carboxylic acids is 1. The largest absolute Gasteiger partial charge is 0.289 e. The van der Waals surface area contributed by atoms with Crippen molar-refractivity contribution in [2.45, 2.75) is 19.6 Å². The topological polar surface area (TPSA) is 17.1 Å². The Morgan fingerprint density at radius 1 is 0.900 bits per heavy atom. The first kappa shape index (κ1) is 14.5. The zero-order valence-electron chi connectivity index (χ0n) is 12.3. The highest BCUT2D eigenvalue weighted by Gasteiger charge is 2.18. The van der Waals surface area contributed by atoms with Crippen LogP contribution < -0.4 is 5.19 Å². The quantitative estimate of drug-likeness (QED) is 0.467. The molecule has 0 unspecified atom stereocenters. The van der Waals surface area contributed by atoms with Crippen LogP contribution in [0.15, 0.2) is 60.7 Å². The van der Waals surface area contributed by atoms with E-state index < -0.39 is 8.07 Å². The summed E-state index contributed by atoms with van der Waals surface area (Å²) in [6, 6.07) is 17.7. The van der Waals surface area contributed by atoms with Crippen molar-refractivity contribution in [3.8, 4) is 0 Å². The highest BCUT2D eigenvalue weighted by molar-refractivity contribution is 6.89. The van der Waals surface area contributed by atoms with Crippen LogP contribution in [0.3, 0.4) is 0 Å². The Balaban J connectivity index is 2.27. The predicted molar refractivity (Wildman–Crippen MR) is 89.2 cm³/mol. The minimum Gasteiger partial charge on any atom is -0.289 e. The number of hydrogen-bond donors (Lipinski definition) is 0. The summed E-state index contributed by atoms with van der Waals surface area (Å²) in [5, 5.41) is 1.39. The van der Waals surface area contributed by atoms with E-state index in [1.807, 2.05) is 42.5 Å². The van der Waals surface area contributed by atoms with E-state index in [1.165, 1.54) is 5.19 Å². The van der Waals surface area contributed by atoms with Gasteiger partial charge in [-0.25, -0.2) is 0 Å². The number of ketones is 1. The monoisotopic (exact) mass is 280 g/mol. The Bertz CT molecular complexity index is 621. The van der Waals surface area contributed by atoms with Crippen LogP contribution in [-0.4, -0.2) is 13.9 Å². The molecular formula is C18H20OSi. The Morgan fingerprint density at radius 3 is 2.15 bits per heavy atom. The summed E-state index contributed by atoms with van der Waals surface area (Å²) in [6.07, 6.45) is 3.62. The molecule has 0 aliphatic rings. The van der Waals surface area contributed by atoms with E-state index in [0.717, 1.165) is 11.1 Å². The predicted octanol–water partition coefficient (Wildman–Crippen LogP) is 4.13. The van der Waals surface area contributed by atoms with Gasteiger partial charge in [-0.15, -0.1) is 0 Å². The standard InChI is InChI=1S/C18H20OSi/c1-20(2,3)18-12-8-7-11-16(18)13-14-17(19)15-9-5-4-6-10-15/h4-14H,1-3H3. The molecule has 0 N–H and O–H groups in total. The molecule has 0 saturated heterocycles. The number of rotatable bonds is 4. The summed E-state index contributed by atoms with van der Waals surface area (Å²) in [5.41, 5.74) is 1.89. The fourth-order valence-electron chi connectivity index (χ4n) is 2.19. The zero-order valence-corrected chi connectivity index (χ0v) is 13.3. The molecule has 2 rings (SSSR count). The average molecular weight is 280 g/mol. The van der Waals surface area contributed by atoms with Crippen molar-refractivity contribution < 1.29 is 4.79 Å². The molecule has 1 nitrogen and oxygen atoms in total. The van der Waals surface area contributed by atoms with Gasteiger partial charge in [-0.05, 0) is 11.6 Å². The Morgan fingerprint density at radius 2 is 1.50 bits per heavy atom. The third kappa shape index (κ3) is 3.55. The van der Waals surface area contributed by atoms with Crippen molar-refractivity contribution in [2.24, 2.45) is 0 Å². The molecule has 0 atom stereocenters. The molecule has 0 aliphatic heterocycles. The maximum atomic E-state index is 12.1. The number of allylic oxidation sites excluding steroid dienone is 1. The summed E-state index contributed by atoms with van der Waals surface area (Å²) in [5.74, 6) is 0.0518. The van der Waals surface area contributed by atoms with E-state index >= 15 is 0 Å². The molecular weight excluding hydrogens is 260 g/mol. The van der Waals surface area contributed by atoms with E-state index in [4.69, 9.17) is 0 Å². The smallest absolute Gasteiger partial charge is 0.185 e. The van der Waals surface area contributed by atoms with Crippen LogP contribution in [0.2, 0.25) is 19.6 Å². The van der Waals surface area contributed by atoms with Crippen LogP contribution in [0.4, 0.5) is 0 Å². The molecule has 0 amide bonds. The number of hydrogen-bond acceptors (Lipinski definition) is 1. The molecule has 0 aromatic heterocycles. The van der Waals surface area contributed by atoms with Gasteiger partial charge in [0.15, 0.2) is 5.78 Å². The van der Waals surface area contributed by atoms with Gasteiger partial charge in [0.25, 0.3) is 0 Å². The molecule has 0 heterocycles. The minimum atomic E-state index is -1.39. The van der Waals surface area contributed by atoms with Gasteiger partial charge in [-0.3, -0.25) is 4.79 Å². The summed E-state index contributed by atoms with van der Waals surface area (Å²) in [6.45, 7) is 6.95. The van der Waals surface area contributed by atoms with E-state index in [1.54, 1.807) is 6.08 Å². The fraction of sp³-hybridized carbons (Fsp3) is 0.167. The van der Waals surface area contributed by atoms with Crippen molar-refractivity contribution in [1.82, 2.24) is 0 Å². The summed E-state index contributed by atoms with van der Waals surface area (Å²) >= 11 is 0. The third-order valence-electron chi connectivity index (χ3n) is 3.24. The van der Waals surface area contributed by atoms with E-state index in [9.17, 15) is 4.79 Å². The van der Waals surface area contributed by atoms with Gasteiger partial charge < -0.3 is 0 Å². The maximum absolute atomic E-state index is 12.1. The second-order valence-corrected chi connectivity index (χ2v) is 10.9. The lowest BCUT2D eigenvalue weighted by atomic mass is 10.1. The van der Waals surface area contributed by atoms with Gasteiger partial charge in [-0.1, -0.05) is 85.5 Å². The zero-order chi connectivity index (χ0) is 14.6. The fourth-order valence-corrected chi connectivity index (χ4v) is 3.82. The van der Waals surface area contributed by atoms with Crippen LogP contribution in [-0.2, 0) is 0 Å². The molecule has 102 valence electrons. The molecule has 0 bridgehead atoms. The van der Waals surface area contributed by atoms with Gasteiger partial charge in [0.1, 0.15) is 0 Å². The molecule has 0 saturated carbocycles. The number of carbonyl (C=O) groups is 1. The van der Waals surface area contributed by atoms with Crippen LogP contribution in [0.1, 0.15) is 15.9 Å². The molecule has 0 fully saturated rings. The van der Waals surface area contributed by atoms with Crippen molar-refractivity contribution in [1.29, 1.82) is 0 Å². The highest BCUT2D eigenvalue weighted by Crippen LogP contribution is 2.10. The van der Waals surface area contributed by atoms with Crippen molar-refractivity contribution in [3.63, 3.8) is 0 Å². The van der Waals surface area contributed by atoms with Crippen LogP contribution in [0.25, 0.3) is 6.08 Å². The van der Waals surface area contributed by atoms with Gasteiger partial charge in [0.2, 0.25) is 0 Å². The van der Waals surface area contributed by atoms with Gasteiger partial charge in [-0.2, -0.15) is 0 Å². The van der Waals surface area contributed by atoms with Crippen molar-refractivity contribution in [2.75, 3.05) is 0 Å². The van der Waals surface area contributed by atoms with Gasteiger partial charge >= 0.3 is 0 Å². The normalized spacial score (nSPS) is 11.8. The van der Waals surface area contributed by atoms with E-state index in [2.05, 4.69) is 37.8 Å². The Kier molecular flexibility index (Phi) is 4.35. The van der Waals surface area contributed by atoms with Crippen LogP contribution >= 0.6 is 0 Å². The van der Waals surface area contributed by atoms with Crippen LogP contribution in [0.5, 0.6) is 0 Å². The van der Waals surface area contributed by atoms with Crippen LogP contribution in [0, 0.1) is 0 Å².